The van der Waals surface area contributed by atoms with Crippen molar-refractivity contribution in [2.24, 2.45) is 5.92 Å². The van der Waals surface area contributed by atoms with Gasteiger partial charge in [-0.3, -0.25) is 9.59 Å². The van der Waals surface area contributed by atoms with Crippen LogP contribution in [0.3, 0.4) is 0 Å². The summed E-state index contributed by atoms with van der Waals surface area (Å²) in [5, 5.41) is 8.82. The van der Waals surface area contributed by atoms with Crippen molar-refractivity contribution in [1.29, 1.82) is 0 Å². The molecule has 3 N–H and O–H groups in total. The third-order valence-electron chi connectivity index (χ3n) is 5.86. The van der Waals surface area contributed by atoms with Gasteiger partial charge in [0.05, 0.1) is 18.8 Å². The van der Waals surface area contributed by atoms with E-state index in [1.807, 2.05) is 44.2 Å². The van der Waals surface area contributed by atoms with Gasteiger partial charge < -0.3 is 34.9 Å². The summed E-state index contributed by atoms with van der Waals surface area (Å²) in [5.74, 6) is -1.07. The first-order chi connectivity index (χ1) is 19.7. The molecule has 42 heavy (non-hydrogen) atoms. The molecule has 230 valence electrons. The van der Waals surface area contributed by atoms with E-state index in [-0.39, 0.29) is 31.5 Å². The van der Waals surface area contributed by atoms with Crippen molar-refractivity contribution in [3.05, 3.63) is 53.6 Å². The number of nitrogens with one attached hydrogen (secondary N) is 3. The first-order valence-corrected chi connectivity index (χ1v) is 13.8. The van der Waals surface area contributed by atoms with Crippen LogP contribution in [0, 0.1) is 5.92 Å². The molecule has 0 aliphatic heterocycles. The van der Waals surface area contributed by atoms with E-state index in [1.54, 1.807) is 32.9 Å². The Morgan fingerprint density at radius 1 is 0.952 bits per heavy atom. The molecule has 0 aliphatic rings. The smallest absolute Gasteiger partial charge is 0.408 e. The minimum Gasteiger partial charge on any atom is -0.487 e. The summed E-state index contributed by atoms with van der Waals surface area (Å²) in [7, 11) is 1.31. The van der Waals surface area contributed by atoms with E-state index in [2.05, 4.69) is 16.0 Å². The average Bonchev–Trinajstić information content (AvgIpc) is 2.89. The molecule has 2 aromatic rings. The lowest BCUT2D eigenvalue weighted by atomic mass is 9.99. The number of benzene rings is 2. The Morgan fingerprint density at radius 3 is 2.17 bits per heavy atom. The largest absolute Gasteiger partial charge is 0.487 e. The first kappa shape index (κ1) is 33.9. The van der Waals surface area contributed by atoms with Crippen molar-refractivity contribution >= 4 is 35.3 Å². The van der Waals surface area contributed by atoms with Gasteiger partial charge in [0.2, 0.25) is 5.91 Å². The molecule has 0 aliphatic carbocycles. The molecule has 0 heterocycles. The Kier molecular flexibility index (Phi) is 12.6. The fourth-order valence-electron chi connectivity index (χ4n) is 3.97. The third kappa shape index (κ3) is 11.7. The minimum absolute atomic E-state index is 0.139. The van der Waals surface area contributed by atoms with E-state index < -0.39 is 35.7 Å². The number of ether oxygens (including phenoxy) is 4. The average molecular weight is 586 g/mol. The van der Waals surface area contributed by atoms with Gasteiger partial charge in [0.25, 0.3) is 0 Å². The van der Waals surface area contributed by atoms with E-state index in [4.69, 9.17) is 18.9 Å². The fraction of sp³-hybridized carbons (Fsp3) is 0.484. The van der Waals surface area contributed by atoms with Gasteiger partial charge >= 0.3 is 18.0 Å². The lowest BCUT2D eigenvalue weighted by molar-refractivity contribution is -0.143. The van der Waals surface area contributed by atoms with Crippen LogP contribution in [0.15, 0.2) is 42.5 Å². The fourth-order valence-corrected chi connectivity index (χ4v) is 3.97. The number of hydrogen-bond donors (Lipinski definition) is 3. The Labute approximate surface area is 247 Å². The first-order valence-electron chi connectivity index (χ1n) is 13.8. The van der Waals surface area contributed by atoms with Crippen molar-refractivity contribution in [2.75, 3.05) is 24.4 Å². The van der Waals surface area contributed by atoms with Gasteiger partial charge in [-0.05, 0) is 50.3 Å². The van der Waals surface area contributed by atoms with Gasteiger partial charge in [-0.15, -0.1) is 0 Å². The predicted molar refractivity (Wildman–Crippen MR) is 159 cm³/mol. The molecule has 0 saturated heterocycles. The van der Waals surface area contributed by atoms with Gasteiger partial charge in [-0.2, -0.15) is 0 Å². The number of anilines is 2. The van der Waals surface area contributed by atoms with Gasteiger partial charge in [0.15, 0.2) is 0 Å². The van der Waals surface area contributed by atoms with Crippen LogP contribution in [0.4, 0.5) is 16.2 Å². The zero-order valence-corrected chi connectivity index (χ0v) is 25.7. The number of rotatable bonds is 13. The molecular formula is C31H43N3O8. The van der Waals surface area contributed by atoms with Crippen molar-refractivity contribution in [1.82, 2.24) is 5.32 Å². The maximum absolute atomic E-state index is 12.7. The van der Waals surface area contributed by atoms with E-state index in [1.165, 1.54) is 21.0 Å². The summed E-state index contributed by atoms with van der Waals surface area (Å²) in [6.07, 6.45) is -0.541. The Bertz CT molecular complexity index is 1220. The summed E-state index contributed by atoms with van der Waals surface area (Å²) >= 11 is 0. The molecule has 2 rings (SSSR count). The van der Waals surface area contributed by atoms with Gasteiger partial charge in [0.1, 0.15) is 30.6 Å². The molecule has 2 amide bonds. The van der Waals surface area contributed by atoms with E-state index >= 15 is 0 Å². The summed E-state index contributed by atoms with van der Waals surface area (Å²) in [4.78, 5) is 49.1. The molecule has 0 radical (unpaired) electrons. The second kappa shape index (κ2) is 15.6. The Hall–Kier alpha value is -4.28. The van der Waals surface area contributed by atoms with Crippen LogP contribution < -0.4 is 20.7 Å². The van der Waals surface area contributed by atoms with E-state index in [0.717, 1.165) is 5.56 Å². The van der Waals surface area contributed by atoms with Crippen LogP contribution >= 0.6 is 0 Å². The Morgan fingerprint density at radius 2 is 1.62 bits per heavy atom. The summed E-state index contributed by atoms with van der Waals surface area (Å²) < 4.78 is 21.8. The highest BCUT2D eigenvalue weighted by atomic mass is 16.6. The lowest BCUT2D eigenvalue weighted by Crippen LogP contribution is -2.43. The number of carbonyl (C=O) groups excluding carboxylic acids is 4. The molecular weight excluding hydrogens is 542 g/mol. The van der Waals surface area contributed by atoms with Gasteiger partial charge in [-0.1, -0.05) is 44.2 Å². The normalized spacial score (nSPS) is 12.5. The number of hydrogen-bond acceptors (Lipinski definition) is 9. The molecule has 11 heteroatoms. The second-order valence-electron chi connectivity index (χ2n) is 11.2. The maximum atomic E-state index is 12.7. The predicted octanol–water partition coefficient (Wildman–Crippen LogP) is 4.83. The molecule has 2 atom stereocenters. The molecule has 0 spiro atoms. The highest BCUT2D eigenvalue weighted by molar-refractivity contribution is 5.91. The zero-order valence-electron chi connectivity index (χ0n) is 25.7. The van der Waals surface area contributed by atoms with Gasteiger partial charge in [0, 0.05) is 25.6 Å². The summed E-state index contributed by atoms with van der Waals surface area (Å²) in [6.45, 7) is 11.7. The van der Waals surface area contributed by atoms with E-state index in [9.17, 15) is 19.2 Å². The van der Waals surface area contributed by atoms with Crippen molar-refractivity contribution < 1.29 is 38.1 Å². The standard InChI is InChI=1S/C31H43N3O8/c1-19(2)28(29(37)39-8)34-25-16-27(41-17-22-12-10-9-11-13-22)26(32-20(3)35)15-23(25)14-24(18-40-21(4)36)33-30(38)42-31(5,6)7/h9-13,15-16,19,24,28,34H,14,17-18H2,1-8H3,(H,32,35)(H,33,38)/t24-,28-/m0/s1. The molecule has 0 aromatic heterocycles. The van der Waals surface area contributed by atoms with Crippen molar-refractivity contribution in [3.63, 3.8) is 0 Å². The molecule has 0 bridgehead atoms. The van der Waals surface area contributed by atoms with Crippen LogP contribution in [-0.4, -0.2) is 55.3 Å². The molecule has 11 nitrogen and oxygen atoms in total. The van der Waals surface area contributed by atoms with Crippen LogP contribution in [-0.2, 0) is 41.6 Å². The monoisotopic (exact) mass is 585 g/mol. The van der Waals surface area contributed by atoms with Crippen LogP contribution in [0.2, 0.25) is 0 Å². The quantitative estimate of drug-likeness (QED) is 0.223. The highest BCUT2D eigenvalue weighted by Gasteiger charge is 2.27. The van der Waals surface area contributed by atoms with Crippen molar-refractivity contribution in [3.8, 4) is 5.75 Å². The van der Waals surface area contributed by atoms with Gasteiger partial charge in [-0.25, -0.2) is 9.59 Å². The highest BCUT2D eigenvalue weighted by Crippen LogP contribution is 2.34. The number of carbonyl (C=O) groups is 4. The Balaban J connectivity index is 2.58. The number of alkyl carbamates (subject to hydrolysis) is 1. The minimum atomic E-state index is -0.746. The van der Waals surface area contributed by atoms with E-state index in [0.29, 0.717) is 22.7 Å². The van der Waals surface area contributed by atoms with Crippen LogP contribution in [0.1, 0.15) is 59.6 Å². The SMILES string of the molecule is COC(=O)[C@@H](Nc1cc(OCc2ccccc2)c(NC(C)=O)cc1C[C@@H](COC(C)=O)NC(=O)OC(C)(C)C)C(C)C. The molecule has 0 fully saturated rings. The third-order valence-corrected chi connectivity index (χ3v) is 5.86. The van der Waals surface area contributed by atoms with Crippen LogP contribution in [0.5, 0.6) is 5.75 Å². The van der Waals surface area contributed by atoms with Crippen molar-refractivity contribution in [2.45, 2.75) is 79.2 Å². The second-order valence-corrected chi connectivity index (χ2v) is 11.2. The number of methoxy groups -OCH3 is 1. The maximum Gasteiger partial charge on any atom is 0.408 e. The number of esters is 2. The molecule has 0 saturated carbocycles. The topological polar surface area (TPSA) is 141 Å². The lowest BCUT2D eigenvalue weighted by Gasteiger charge is -2.27. The molecule has 0 unspecified atom stereocenters. The molecule has 2 aromatic carbocycles. The summed E-state index contributed by atoms with van der Waals surface area (Å²) in [5.41, 5.74) is 1.68. The summed E-state index contributed by atoms with van der Waals surface area (Å²) in [6, 6.07) is 11.5. The number of amides is 2. The van der Waals surface area contributed by atoms with Crippen LogP contribution in [0.25, 0.3) is 0 Å². The zero-order chi connectivity index (χ0) is 31.4.